The molecule has 0 aliphatic heterocycles. The summed E-state index contributed by atoms with van der Waals surface area (Å²) in [4.78, 5) is 0. The second-order valence-electron chi connectivity index (χ2n) is 3.86. The van der Waals surface area contributed by atoms with Crippen LogP contribution in [0.4, 0.5) is 13.2 Å². The zero-order chi connectivity index (χ0) is 15.0. The molecule has 0 amide bonds. The van der Waals surface area contributed by atoms with Crippen LogP contribution in [-0.2, 0) is 4.74 Å². The van der Waals surface area contributed by atoms with Crippen molar-refractivity contribution in [2.75, 3.05) is 19.1 Å². The molecule has 2 nitrogen and oxygen atoms in total. The molecule has 0 N–H and O–H groups in total. The molecule has 6 heteroatoms. The van der Waals surface area contributed by atoms with E-state index in [1.165, 1.54) is 0 Å². The van der Waals surface area contributed by atoms with Gasteiger partial charge in [-0.05, 0) is 30.7 Å². The van der Waals surface area contributed by atoms with Crippen molar-refractivity contribution in [3.05, 3.63) is 29.3 Å². The largest absolute Gasteiger partial charge is 0.522 e. The molecule has 0 aromatic heterocycles. The van der Waals surface area contributed by atoms with E-state index >= 15 is 0 Å². The zero-order valence-corrected chi connectivity index (χ0v) is 11.6. The zero-order valence-electron chi connectivity index (χ0n) is 10.9. The van der Waals surface area contributed by atoms with Gasteiger partial charge in [0.1, 0.15) is 12.4 Å². The van der Waals surface area contributed by atoms with Crippen LogP contribution in [-0.4, -0.2) is 25.5 Å². The molecule has 0 radical (unpaired) electrons. The summed E-state index contributed by atoms with van der Waals surface area (Å²) in [6.45, 7) is 1.14. The minimum Gasteiger partial charge on any atom is -0.491 e. The van der Waals surface area contributed by atoms with Crippen LogP contribution >= 0.6 is 11.6 Å². The lowest BCUT2D eigenvalue weighted by Crippen LogP contribution is -2.18. The smallest absolute Gasteiger partial charge is 0.491 e. The van der Waals surface area contributed by atoms with Crippen LogP contribution in [0.25, 0.3) is 0 Å². The van der Waals surface area contributed by atoms with Crippen molar-refractivity contribution in [1.82, 2.24) is 0 Å². The normalized spacial score (nSPS) is 10.8. The summed E-state index contributed by atoms with van der Waals surface area (Å²) in [6.07, 6.45) is -4.02. The van der Waals surface area contributed by atoms with E-state index in [-0.39, 0.29) is 6.61 Å². The highest BCUT2D eigenvalue weighted by Gasteiger charge is 2.28. The predicted molar refractivity (Wildman–Crippen MR) is 70.9 cm³/mol. The molecule has 0 aliphatic rings. The summed E-state index contributed by atoms with van der Waals surface area (Å²) in [7, 11) is 0. The molecule has 0 bridgehead atoms. The van der Waals surface area contributed by atoms with Crippen molar-refractivity contribution in [3.8, 4) is 17.6 Å². The van der Waals surface area contributed by atoms with Gasteiger partial charge in [-0.15, -0.1) is 24.8 Å². The van der Waals surface area contributed by atoms with Crippen molar-refractivity contribution >= 4 is 11.6 Å². The number of benzene rings is 1. The van der Waals surface area contributed by atoms with Crippen LogP contribution in [0.15, 0.2) is 18.2 Å². The summed E-state index contributed by atoms with van der Waals surface area (Å²) in [5.74, 6) is 6.84. The lowest BCUT2D eigenvalue weighted by atomic mass is 10.1. The first-order valence-corrected chi connectivity index (χ1v) is 6.45. The number of hydrogen-bond acceptors (Lipinski definition) is 2. The minimum absolute atomic E-state index is 0.170. The molecule has 20 heavy (non-hydrogen) atoms. The predicted octanol–water partition coefficient (Wildman–Crippen LogP) is 3.89. The molecule has 0 fully saturated rings. The van der Waals surface area contributed by atoms with E-state index in [2.05, 4.69) is 16.6 Å². The third-order valence-corrected chi connectivity index (χ3v) is 2.45. The Morgan fingerprint density at radius 1 is 1.25 bits per heavy atom. The van der Waals surface area contributed by atoms with Gasteiger partial charge in [0.05, 0.1) is 6.61 Å². The molecule has 1 aromatic carbocycles. The standard InChI is InChI=1S/C14H14ClF3O2/c1-11-10-13(19-8-9-20-14(16,17)18)6-5-12(11)4-2-3-7-15/h5-6,10H,3,7-9H2,1H3. The van der Waals surface area contributed by atoms with Crippen LogP contribution in [0, 0.1) is 18.8 Å². The summed E-state index contributed by atoms with van der Waals surface area (Å²) in [5, 5.41) is 0. The SMILES string of the molecule is Cc1cc(OCCOC(F)(F)F)ccc1C#CCCCl. The van der Waals surface area contributed by atoms with E-state index in [4.69, 9.17) is 16.3 Å². The Labute approximate surface area is 120 Å². The third kappa shape index (κ3) is 6.69. The van der Waals surface area contributed by atoms with Gasteiger partial charge in [-0.2, -0.15) is 0 Å². The lowest BCUT2D eigenvalue weighted by molar-refractivity contribution is -0.325. The first-order chi connectivity index (χ1) is 9.42. The van der Waals surface area contributed by atoms with E-state index < -0.39 is 13.0 Å². The van der Waals surface area contributed by atoms with Gasteiger partial charge in [0.25, 0.3) is 0 Å². The average Bonchev–Trinajstić information content (AvgIpc) is 2.36. The molecule has 0 atom stereocenters. The maximum atomic E-state index is 11.7. The van der Waals surface area contributed by atoms with Gasteiger partial charge in [0, 0.05) is 17.9 Å². The van der Waals surface area contributed by atoms with E-state index in [9.17, 15) is 13.2 Å². The Kier molecular flexibility index (Phi) is 6.69. The maximum absolute atomic E-state index is 11.7. The second-order valence-corrected chi connectivity index (χ2v) is 4.24. The number of rotatable bonds is 5. The number of alkyl halides is 4. The topological polar surface area (TPSA) is 18.5 Å². The number of hydrogen-bond donors (Lipinski definition) is 0. The van der Waals surface area contributed by atoms with E-state index in [0.717, 1.165) is 11.1 Å². The Morgan fingerprint density at radius 3 is 2.60 bits per heavy atom. The molecule has 110 valence electrons. The summed E-state index contributed by atoms with van der Waals surface area (Å²) in [6, 6.07) is 5.14. The Morgan fingerprint density at radius 2 is 2.00 bits per heavy atom. The molecule has 0 unspecified atom stereocenters. The molecule has 0 heterocycles. The van der Waals surface area contributed by atoms with E-state index in [1.807, 2.05) is 6.92 Å². The summed E-state index contributed by atoms with van der Waals surface area (Å²) in [5.41, 5.74) is 1.73. The minimum atomic E-state index is -4.62. The monoisotopic (exact) mass is 306 g/mol. The van der Waals surface area contributed by atoms with Gasteiger partial charge >= 0.3 is 6.36 Å². The molecular formula is C14H14ClF3O2. The van der Waals surface area contributed by atoms with E-state index in [1.54, 1.807) is 18.2 Å². The average molecular weight is 307 g/mol. The van der Waals surface area contributed by atoms with Gasteiger partial charge < -0.3 is 4.74 Å². The van der Waals surface area contributed by atoms with Crippen LogP contribution in [0.1, 0.15) is 17.5 Å². The highest BCUT2D eigenvalue weighted by Crippen LogP contribution is 2.18. The van der Waals surface area contributed by atoms with Gasteiger partial charge in [0.15, 0.2) is 0 Å². The van der Waals surface area contributed by atoms with E-state index in [0.29, 0.717) is 18.1 Å². The van der Waals surface area contributed by atoms with Crippen molar-refractivity contribution in [3.63, 3.8) is 0 Å². The quantitative estimate of drug-likeness (QED) is 0.467. The fourth-order valence-corrected chi connectivity index (χ4v) is 1.48. The number of aryl methyl sites for hydroxylation is 1. The molecule has 0 saturated heterocycles. The van der Waals surface area contributed by atoms with Crippen molar-refractivity contribution in [2.24, 2.45) is 0 Å². The molecule has 1 aromatic rings. The highest BCUT2D eigenvalue weighted by atomic mass is 35.5. The molecular weight excluding hydrogens is 293 g/mol. The van der Waals surface area contributed by atoms with Crippen LogP contribution in [0.2, 0.25) is 0 Å². The summed E-state index contributed by atoms with van der Waals surface area (Å²) < 4.78 is 44.0. The second kappa shape index (κ2) is 8.03. The van der Waals surface area contributed by atoms with Crippen molar-refractivity contribution in [2.45, 2.75) is 19.7 Å². The van der Waals surface area contributed by atoms with Gasteiger partial charge in [-0.3, -0.25) is 4.74 Å². The molecule has 1 rings (SSSR count). The van der Waals surface area contributed by atoms with Crippen molar-refractivity contribution in [1.29, 1.82) is 0 Å². The van der Waals surface area contributed by atoms with Gasteiger partial charge in [0.2, 0.25) is 0 Å². The van der Waals surface area contributed by atoms with Gasteiger partial charge in [-0.1, -0.05) is 11.8 Å². The third-order valence-electron chi connectivity index (χ3n) is 2.26. The first-order valence-electron chi connectivity index (χ1n) is 5.91. The Hall–Kier alpha value is -1.38. The fourth-order valence-electron chi connectivity index (χ4n) is 1.39. The van der Waals surface area contributed by atoms with Crippen LogP contribution in [0.3, 0.4) is 0 Å². The fraction of sp³-hybridized carbons (Fsp3) is 0.429. The maximum Gasteiger partial charge on any atom is 0.522 e. The number of halogens is 4. The van der Waals surface area contributed by atoms with Crippen LogP contribution < -0.4 is 4.74 Å². The summed E-state index contributed by atoms with van der Waals surface area (Å²) >= 11 is 5.52. The molecule has 0 aliphatic carbocycles. The Bertz CT molecular complexity index is 489. The lowest BCUT2D eigenvalue weighted by Gasteiger charge is -2.09. The highest BCUT2D eigenvalue weighted by molar-refractivity contribution is 6.18. The Balaban J connectivity index is 2.50. The molecule has 0 saturated carbocycles. The van der Waals surface area contributed by atoms with Crippen LogP contribution in [0.5, 0.6) is 5.75 Å². The molecule has 0 spiro atoms. The number of ether oxygens (including phenoxy) is 2. The first kappa shape index (κ1) is 16.7. The van der Waals surface area contributed by atoms with Gasteiger partial charge in [-0.25, -0.2) is 0 Å². The van der Waals surface area contributed by atoms with Crippen molar-refractivity contribution < 1.29 is 22.6 Å².